The molecule has 0 N–H and O–H groups in total. The van der Waals surface area contributed by atoms with E-state index in [1.807, 2.05) is 0 Å². The number of hydrogen-bond acceptors (Lipinski definition) is 5. The van der Waals surface area contributed by atoms with E-state index in [4.69, 9.17) is 15.9 Å². The maximum Gasteiger partial charge on any atom is 0.264 e. The van der Waals surface area contributed by atoms with Gasteiger partial charge in [-0.2, -0.15) is 5.26 Å². The number of rotatable bonds is 3. The maximum atomic E-state index is 13.2. The first-order valence-corrected chi connectivity index (χ1v) is 10.9. The van der Waals surface area contributed by atoms with Gasteiger partial charge >= 0.3 is 0 Å². The summed E-state index contributed by atoms with van der Waals surface area (Å²) in [5, 5.41) is 8.26. The molecule has 0 aliphatic carbocycles. The van der Waals surface area contributed by atoms with Crippen LogP contribution >= 0.6 is 10.7 Å². The van der Waals surface area contributed by atoms with Crippen molar-refractivity contribution in [3.05, 3.63) is 59.2 Å². The molecule has 0 saturated carbocycles. The van der Waals surface area contributed by atoms with Gasteiger partial charge in [0.15, 0.2) is 9.84 Å². The van der Waals surface area contributed by atoms with Gasteiger partial charge in [0.05, 0.1) is 6.07 Å². The lowest BCUT2D eigenvalue weighted by Crippen LogP contribution is -2.07. The van der Waals surface area contributed by atoms with Gasteiger partial charge in [-0.3, -0.25) is 0 Å². The van der Waals surface area contributed by atoms with Crippen LogP contribution < -0.4 is 0 Å². The van der Waals surface area contributed by atoms with E-state index in [0.29, 0.717) is 11.1 Å². The Labute approximate surface area is 155 Å². The molecule has 0 atom stereocenters. The molecule has 2 aromatic rings. The van der Waals surface area contributed by atoms with Crippen LogP contribution in [-0.2, 0) is 18.9 Å². The number of halogens is 3. The van der Waals surface area contributed by atoms with E-state index < -0.39 is 46.1 Å². The van der Waals surface area contributed by atoms with Gasteiger partial charge in [-0.05, 0) is 49.2 Å². The molecule has 0 saturated heterocycles. The minimum atomic E-state index is -3.95. The molecular formula is C16H14ClF2NO4S2. The zero-order valence-electron chi connectivity index (χ0n) is 13.7. The van der Waals surface area contributed by atoms with Crippen molar-refractivity contribution in [3.8, 4) is 6.07 Å². The molecule has 0 spiro atoms. The summed E-state index contributed by atoms with van der Waals surface area (Å²) in [5.74, 6) is -2.32. The fourth-order valence-corrected chi connectivity index (χ4v) is 3.68. The monoisotopic (exact) mass is 421 g/mol. The van der Waals surface area contributed by atoms with Gasteiger partial charge in [0.1, 0.15) is 27.2 Å². The molecule has 26 heavy (non-hydrogen) atoms. The van der Waals surface area contributed by atoms with Crippen LogP contribution in [0, 0.1) is 36.8 Å². The van der Waals surface area contributed by atoms with Crippen LogP contribution in [0.25, 0.3) is 0 Å². The van der Waals surface area contributed by atoms with Crippen molar-refractivity contribution in [2.45, 2.75) is 23.6 Å². The van der Waals surface area contributed by atoms with Crippen molar-refractivity contribution >= 4 is 29.6 Å². The second-order valence-corrected chi connectivity index (χ2v) is 9.72. The topological polar surface area (TPSA) is 92.1 Å². The van der Waals surface area contributed by atoms with Gasteiger partial charge in [0, 0.05) is 10.7 Å². The van der Waals surface area contributed by atoms with Crippen LogP contribution in [0.5, 0.6) is 0 Å². The van der Waals surface area contributed by atoms with Gasteiger partial charge in [0.25, 0.3) is 9.05 Å². The lowest BCUT2D eigenvalue weighted by molar-refractivity contribution is 0.568. The van der Waals surface area contributed by atoms with Gasteiger partial charge in [-0.25, -0.2) is 25.6 Å². The van der Waals surface area contributed by atoms with E-state index in [0.717, 1.165) is 18.2 Å². The Hall–Kier alpha value is -2.02. The molecule has 5 nitrogen and oxygen atoms in total. The zero-order chi connectivity index (χ0) is 20.1. The fraction of sp³-hybridized carbons (Fsp3) is 0.188. The third-order valence-corrected chi connectivity index (χ3v) is 5.89. The van der Waals surface area contributed by atoms with Gasteiger partial charge in [0.2, 0.25) is 0 Å². The van der Waals surface area contributed by atoms with Crippen molar-refractivity contribution in [1.29, 1.82) is 5.26 Å². The summed E-state index contributed by atoms with van der Waals surface area (Å²) in [4.78, 5) is -0.889. The van der Waals surface area contributed by atoms with Crippen LogP contribution in [0.4, 0.5) is 8.78 Å². The first-order chi connectivity index (χ1) is 11.9. The lowest BCUT2D eigenvalue weighted by atomic mass is 10.2. The Balaban J connectivity index is 0.000000263. The molecule has 0 amide bonds. The Kier molecular flexibility index (Phi) is 7.26. The normalized spacial score (nSPS) is 11.2. The largest absolute Gasteiger partial charge is 0.264 e. The van der Waals surface area contributed by atoms with E-state index >= 15 is 0 Å². The highest BCUT2D eigenvalue weighted by atomic mass is 35.7. The molecule has 0 fully saturated rings. The highest BCUT2D eigenvalue weighted by Crippen LogP contribution is 2.19. The number of nitrogens with zero attached hydrogens (tertiary/aromatic N) is 1. The molecule has 0 aliphatic rings. The van der Waals surface area contributed by atoms with Gasteiger partial charge in [-0.1, -0.05) is 12.1 Å². The standard InChI is InChI=1S/C9H8FNO2S.C7H6ClFO2S/c1-7-2-3-9(8(10)6-7)14(12,13)5-4-11;1-5-2-3-7(6(9)4-5)12(8,10)11/h2-3,6H,5H2,1H3;2-4H,1H3. The van der Waals surface area contributed by atoms with Crippen molar-refractivity contribution in [2.75, 3.05) is 5.75 Å². The van der Waals surface area contributed by atoms with E-state index in [1.54, 1.807) is 13.8 Å². The molecule has 0 aromatic heterocycles. The Morgan fingerprint density at radius 3 is 1.69 bits per heavy atom. The SMILES string of the molecule is Cc1ccc(S(=O)(=O)CC#N)c(F)c1.Cc1ccc(S(=O)(=O)Cl)c(F)c1. The summed E-state index contributed by atoms with van der Waals surface area (Å²) in [5.41, 5.74) is 1.29. The molecule has 0 aliphatic heterocycles. The van der Waals surface area contributed by atoms with Crippen molar-refractivity contribution in [2.24, 2.45) is 0 Å². The molecular weight excluding hydrogens is 408 g/mol. The minimum Gasteiger partial charge on any atom is -0.223 e. The van der Waals surface area contributed by atoms with Gasteiger partial charge < -0.3 is 0 Å². The second kappa shape index (κ2) is 8.58. The highest BCUT2D eigenvalue weighted by molar-refractivity contribution is 8.13. The minimum absolute atomic E-state index is 0.412. The molecule has 2 rings (SSSR count). The zero-order valence-corrected chi connectivity index (χ0v) is 16.1. The molecule has 2 aromatic carbocycles. The number of aryl methyl sites for hydroxylation is 2. The molecule has 0 unspecified atom stereocenters. The number of sulfone groups is 1. The summed E-state index contributed by atoms with van der Waals surface area (Å²) in [7, 11) is -2.80. The summed E-state index contributed by atoms with van der Waals surface area (Å²) < 4.78 is 70.0. The number of benzene rings is 2. The average Bonchev–Trinajstić information content (AvgIpc) is 2.45. The maximum absolute atomic E-state index is 13.2. The highest BCUT2D eigenvalue weighted by Gasteiger charge is 2.18. The van der Waals surface area contributed by atoms with E-state index in [1.165, 1.54) is 24.3 Å². The summed E-state index contributed by atoms with van der Waals surface area (Å²) in [6, 6.07) is 9.04. The predicted octanol–water partition coefficient (Wildman–Crippen LogP) is 3.49. The van der Waals surface area contributed by atoms with E-state index in [9.17, 15) is 25.6 Å². The molecule has 0 radical (unpaired) electrons. The summed E-state index contributed by atoms with van der Waals surface area (Å²) in [6.45, 7) is 3.32. The predicted molar refractivity (Wildman–Crippen MR) is 93.0 cm³/mol. The summed E-state index contributed by atoms with van der Waals surface area (Å²) in [6.07, 6.45) is 0. The first kappa shape index (κ1) is 22.0. The second-order valence-electron chi connectivity index (χ2n) is 5.22. The molecule has 140 valence electrons. The quantitative estimate of drug-likeness (QED) is 0.707. The van der Waals surface area contributed by atoms with Crippen LogP contribution in [0.1, 0.15) is 11.1 Å². The average molecular weight is 422 g/mol. The van der Waals surface area contributed by atoms with Crippen LogP contribution in [0.3, 0.4) is 0 Å². The first-order valence-electron chi connectivity index (χ1n) is 6.95. The Morgan fingerprint density at radius 1 is 0.923 bits per heavy atom. The molecule has 10 heteroatoms. The lowest BCUT2D eigenvalue weighted by Gasteiger charge is -2.02. The fourth-order valence-electron chi connectivity index (χ4n) is 1.82. The van der Waals surface area contributed by atoms with Crippen molar-refractivity contribution < 1.29 is 25.6 Å². The van der Waals surface area contributed by atoms with Gasteiger partial charge in [-0.15, -0.1) is 0 Å². The van der Waals surface area contributed by atoms with E-state index in [-0.39, 0.29) is 0 Å². The third kappa shape index (κ3) is 6.05. The van der Waals surface area contributed by atoms with Crippen molar-refractivity contribution in [1.82, 2.24) is 0 Å². The van der Waals surface area contributed by atoms with Crippen molar-refractivity contribution in [3.63, 3.8) is 0 Å². The van der Waals surface area contributed by atoms with Crippen LogP contribution in [0.2, 0.25) is 0 Å². The summed E-state index contributed by atoms with van der Waals surface area (Å²) >= 11 is 0. The Bertz CT molecular complexity index is 1060. The van der Waals surface area contributed by atoms with E-state index in [2.05, 4.69) is 0 Å². The smallest absolute Gasteiger partial charge is 0.223 e. The Morgan fingerprint density at radius 2 is 1.35 bits per heavy atom. The van der Waals surface area contributed by atoms with Crippen LogP contribution in [-0.4, -0.2) is 22.6 Å². The molecule has 0 bridgehead atoms. The number of hydrogen-bond donors (Lipinski definition) is 0. The molecule has 0 heterocycles. The number of nitriles is 1. The van der Waals surface area contributed by atoms with Crippen LogP contribution in [0.15, 0.2) is 46.2 Å². The third-order valence-electron chi connectivity index (χ3n) is 3.03.